The van der Waals surface area contributed by atoms with Crippen LogP contribution < -0.4 is 4.90 Å². The summed E-state index contributed by atoms with van der Waals surface area (Å²) in [7, 11) is 0. The lowest BCUT2D eigenvalue weighted by atomic mass is 9.78. The molecule has 3 saturated heterocycles. The average molecular weight is 331 g/mol. The zero-order valence-electron chi connectivity index (χ0n) is 13.4. The second kappa shape index (κ2) is 6.05. The second-order valence-electron chi connectivity index (χ2n) is 6.68. The van der Waals surface area contributed by atoms with Crippen molar-refractivity contribution < 1.29 is 19.4 Å². The van der Waals surface area contributed by atoms with Crippen molar-refractivity contribution in [1.82, 2.24) is 9.88 Å². The highest BCUT2D eigenvalue weighted by Gasteiger charge is 2.56. The van der Waals surface area contributed by atoms with E-state index in [4.69, 9.17) is 4.74 Å². The summed E-state index contributed by atoms with van der Waals surface area (Å²) in [5.41, 5.74) is 0. The lowest BCUT2D eigenvalue weighted by molar-refractivity contribution is -0.151. The van der Waals surface area contributed by atoms with Crippen LogP contribution in [0.1, 0.15) is 12.8 Å². The summed E-state index contributed by atoms with van der Waals surface area (Å²) in [6.07, 6.45) is 2.78. The molecule has 3 aliphatic rings. The van der Waals surface area contributed by atoms with Gasteiger partial charge in [-0.15, -0.1) is 0 Å². The Morgan fingerprint density at radius 2 is 1.79 bits per heavy atom. The van der Waals surface area contributed by atoms with Crippen LogP contribution in [0.25, 0.3) is 0 Å². The fraction of sp³-hybridized carbons (Fsp3) is 0.588. The smallest absolute Gasteiger partial charge is 0.310 e. The van der Waals surface area contributed by atoms with Gasteiger partial charge in [-0.2, -0.15) is 0 Å². The van der Waals surface area contributed by atoms with Gasteiger partial charge in [-0.1, -0.05) is 6.07 Å². The van der Waals surface area contributed by atoms with Gasteiger partial charge in [-0.05, 0) is 25.0 Å². The normalized spacial score (nSPS) is 32.2. The molecule has 2 bridgehead atoms. The van der Waals surface area contributed by atoms with Gasteiger partial charge in [0.15, 0.2) is 0 Å². The highest BCUT2D eigenvalue weighted by atomic mass is 16.5. The fourth-order valence-corrected chi connectivity index (χ4v) is 4.21. The quantitative estimate of drug-likeness (QED) is 0.874. The topological polar surface area (TPSA) is 83.0 Å². The third-order valence-electron chi connectivity index (χ3n) is 5.41. The Bertz CT molecular complexity index is 630. The fourth-order valence-electron chi connectivity index (χ4n) is 4.21. The number of aliphatic carboxylic acids is 1. The summed E-state index contributed by atoms with van der Waals surface area (Å²) in [4.78, 5) is 32.7. The van der Waals surface area contributed by atoms with E-state index in [1.165, 1.54) is 0 Å². The first-order chi connectivity index (χ1) is 11.6. The van der Waals surface area contributed by atoms with Crippen molar-refractivity contribution in [2.45, 2.75) is 25.0 Å². The molecule has 4 atom stereocenters. The number of anilines is 1. The van der Waals surface area contributed by atoms with E-state index in [0.717, 1.165) is 18.7 Å². The van der Waals surface area contributed by atoms with E-state index in [1.807, 2.05) is 18.2 Å². The van der Waals surface area contributed by atoms with Crippen LogP contribution in [0, 0.1) is 11.8 Å². The van der Waals surface area contributed by atoms with Crippen LogP contribution in [0.5, 0.6) is 0 Å². The van der Waals surface area contributed by atoms with Crippen molar-refractivity contribution in [1.29, 1.82) is 0 Å². The SMILES string of the molecule is O=C(O)[C@@H]1[C@H](C(=O)N2CCN(c3ccccn3)CC2)[C@@H]2CC[C@@H]1O2. The molecule has 0 aromatic carbocycles. The zero-order valence-corrected chi connectivity index (χ0v) is 13.4. The van der Waals surface area contributed by atoms with E-state index in [9.17, 15) is 14.7 Å². The summed E-state index contributed by atoms with van der Waals surface area (Å²) >= 11 is 0. The molecule has 4 rings (SSSR count). The molecule has 1 amide bonds. The van der Waals surface area contributed by atoms with Crippen molar-refractivity contribution >= 4 is 17.7 Å². The van der Waals surface area contributed by atoms with Gasteiger partial charge in [-0.25, -0.2) is 4.98 Å². The molecule has 1 N–H and O–H groups in total. The van der Waals surface area contributed by atoms with Crippen LogP contribution in [0.4, 0.5) is 5.82 Å². The highest BCUT2D eigenvalue weighted by Crippen LogP contribution is 2.44. The van der Waals surface area contributed by atoms with Gasteiger partial charge in [0.2, 0.25) is 5.91 Å². The molecule has 1 aromatic rings. The molecule has 0 aliphatic carbocycles. The number of ether oxygens (including phenoxy) is 1. The van der Waals surface area contributed by atoms with Gasteiger partial charge in [0.25, 0.3) is 0 Å². The molecular formula is C17H21N3O4. The minimum absolute atomic E-state index is 0.0599. The number of fused-ring (bicyclic) bond motifs is 2. The zero-order chi connectivity index (χ0) is 16.7. The molecule has 24 heavy (non-hydrogen) atoms. The number of nitrogens with zero attached hydrogens (tertiary/aromatic N) is 3. The Balaban J connectivity index is 1.42. The average Bonchev–Trinajstić information content (AvgIpc) is 3.23. The first kappa shape index (κ1) is 15.4. The molecule has 0 spiro atoms. The van der Waals surface area contributed by atoms with Crippen LogP contribution in [-0.2, 0) is 14.3 Å². The van der Waals surface area contributed by atoms with Crippen LogP contribution in [0.2, 0.25) is 0 Å². The number of piperazine rings is 1. The van der Waals surface area contributed by atoms with Crippen LogP contribution in [0.3, 0.4) is 0 Å². The monoisotopic (exact) mass is 331 g/mol. The number of rotatable bonds is 3. The van der Waals surface area contributed by atoms with E-state index in [0.29, 0.717) is 26.2 Å². The number of aromatic nitrogens is 1. The number of carbonyl (C=O) groups is 2. The highest BCUT2D eigenvalue weighted by molar-refractivity contribution is 5.86. The molecule has 128 valence electrons. The van der Waals surface area contributed by atoms with Crippen LogP contribution in [0.15, 0.2) is 24.4 Å². The Hall–Kier alpha value is -2.15. The molecule has 0 unspecified atom stereocenters. The summed E-state index contributed by atoms with van der Waals surface area (Å²) in [6, 6.07) is 5.79. The Kier molecular flexibility index (Phi) is 3.88. The number of carboxylic acids is 1. The summed E-state index contributed by atoms with van der Waals surface area (Å²) in [5, 5.41) is 9.48. The number of hydrogen-bond donors (Lipinski definition) is 1. The Morgan fingerprint density at radius 1 is 1.08 bits per heavy atom. The van der Waals surface area contributed by atoms with E-state index in [2.05, 4.69) is 9.88 Å². The van der Waals surface area contributed by atoms with E-state index >= 15 is 0 Å². The van der Waals surface area contributed by atoms with Gasteiger partial charge in [0, 0.05) is 32.4 Å². The van der Waals surface area contributed by atoms with Crippen LogP contribution >= 0.6 is 0 Å². The van der Waals surface area contributed by atoms with Gasteiger partial charge in [-0.3, -0.25) is 9.59 Å². The van der Waals surface area contributed by atoms with E-state index in [-0.39, 0.29) is 18.1 Å². The molecular weight excluding hydrogens is 310 g/mol. The van der Waals surface area contributed by atoms with Gasteiger partial charge < -0.3 is 19.6 Å². The first-order valence-corrected chi connectivity index (χ1v) is 8.48. The lowest BCUT2D eigenvalue weighted by Gasteiger charge is -2.38. The standard InChI is InChI=1S/C17H21N3O4/c21-16(14-11-4-5-12(24-11)15(14)17(22)23)20-9-7-19(8-10-20)13-3-1-2-6-18-13/h1-3,6,11-12,14-15H,4-5,7-10H2,(H,22,23)/t11-,12-,14+,15-/m0/s1. The van der Waals surface area contributed by atoms with E-state index in [1.54, 1.807) is 11.1 Å². The maximum absolute atomic E-state index is 12.9. The van der Waals surface area contributed by atoms with Crippen molar-refractivity contribution in [3.8, 4) is 0 Å². The lowest BCUT2D eigenvalue weighted by Crippen LogP contribution is -2.53. The molecule has 0 saturated carbocycles. The molecule has 4 heterocycles. The minimum Gasteiger partial charge on any atom is -0.481 e. The molecule has 1 aromatic heterocycles. The van der Waals surface area contributed by atoms with Crippen molar-refractivity contribution in [3.63, 3.8) is 0 Å². The Morgan fingerprint density at radius 3 is 2.42 bits per heavy atom. The number of carboxylic acid groups (broad SMARTS) is 1. The maximum atomic E-state index is 12.9. The second-order valence-corrected chi connectivity index (χ2v) is 6.68. The van der Waals surface area contributed by atoms with Crippen molar-refractivity contribution in [2.24, 2.45) is 11.8 Å². The Labute approximate surface area is 140 Å². The number of pyridine rings is 1. The molecule has 3 aliphatic heterocycles. The van der Waals surface area contributed by atoms with Crippen LogP contribution in [-0.4, -0.2) is 65.3 Å². The molecule has 7 nitrogen and oxygen atoms in total. The third-order valence-corrected chi connectivity index (χ3v) is 5.41. The minimum atomic E-state index is -0.910. The molecule has 7 heteroatoms. The van der Waals surface area contributed by atoms with E-state index < -0.39 is 17.8 Å². The van der Waals surface area contributed by atoms with Gasteiger partial charge in [0.05, 0.1) is 24.0 Å². The van der Waals surface area contributed by atoms with Gasteiger partial charge in [0.1, 0.15) is 5.82 Å². The number of carbonyl (C=O) groups excluding carboxylic acids is 1. The largest absolute Gasteiger partial charge is 0.481 e. The first-order valence-electron chi connectivity index (χ1n) is 8.48. The molecule has 3 fully saturated rings. The summed E-state index contributed by atoms with van der Waals surface area (Å²) in [5.74, 6) is -1.27. The summed E-state index contributed by atoms with van der Waals surface area (Å²) in [6.45, 7) is 2.61. The maximum Gasteiger partial charge on any atom is 0.310 e. The predicted molar refractivity (Wildman–Crippen MR) is 85.5 cm³/mol. The van der Waals surface area contributed by atoms with Crippen molar-refractivity contribution in [2.75, 3.05) is 31.1 Å². The molecule has 0 radical (unpaired) electrons. The number of hydrogen-bond acceptors (Lipinski definition) is 5. The third kappa shape index (κ3) is 2.53. The van der Waals surface area contributed by atoms with Crippen molar-refractivity contribution in [3.05, 3.63) is 24.4 Å². The number of amides is 1. The summed E-state index contributed by atoms with van der Waals surface area (Å²) < 4.78 is 5.71. The predicted octanol–water partition coefficient (Wildman–Crippen LogP) is 0.608. The van der Waals surface area contributed by atoms with Gasteiger partial charge >= 0.3 is 5.97 Å².